The molecule has 8 unspecified atom stereocenters. The number of aliphatic hydroxyl groups is 1. The first-order valence-corrected chi connectivity index (χ1v) is 17.3. The van der Waals surface area contributed by atoms with E-state index in [4.69, 9.17) is 18.9 Å². The molecule has 0 aromatic carbocycles. The van der Waals surface area contributed by atoms with Crippen molar-refractivity contribution in [2.75, 3.05) is 19.7 Å². The van der Waals surface area contributed by atoms with Gasteiger partial charge in [0.15, 0.2) is 12.4 Å². The summed E-state index contributed by atoms with van der Waals surface area (Å²) in [4.78, 5) is 25.1. The molecule has 7 rings (SSSR count). The van der Waals surface area contributed by atoms with Crippen molar-refractivity contribution < 1.29 is 33.6 Å². The number of nitrogens with zero attached hydrogens (tertiary/aromatic N) is 1. The number of morpholine rings is 1. The SMILES string of the molecule is CC(=O)O[C@@H](C1CCC2C(CC3C4CCC5C(C)(C)[C@@H](OC6CN(C=O)CCO6)CC[C@@]56C[C@@]46CCC23C)O1)C(C)(C)O. The first-order chi connectivity index (χ1) is 20.2. The van der Waals surface area contributed by atoms with Gasteiger partial charge in [0.2, 0.25) is 6.41 Å². The molecule has 8 nitrogen and oxygen atoms in total. The van der Waals surface area contributed by atoms with Crippen LogP contribution < -0.4 is 0 Å². The summed E-state index contributed by atoms with van der Waals surface area (Å²) >= 11 is 0. The Kier molecular flexibility index (Phi) is 7.18. The third-order valence-corrected chi connectivity index (χ3v) is 14.4. The summed E-state index contributed by atoms with van der Waals surface area (Å²) in [5.41, 5.74) is 0.114. The van der Waals surface area contributed by atoms with E-state index in [-0.39, 0.29) is 36.0 Å². The van der Waals surface area contributed by atoms with Crippen LogP contribution in [0.2, 0.25) is 0 Å². The maximum atomic E-state index is 11.9. The van der Waals surface area contributed by atoms with Gasteiger partial charge in [-0.1, -0.05) is 20.8 Å². The van der Waals surface area contributed by atoms with E-state index in [1.54, 1.807) is 18.7 Å². The molecule has 1 amide bonds. The molecule has 2 spiro atoms. The number of esters is 1. The summed E-state index contributed by atoms with van der Waals surface area (Å²) in [5.74, 6) is 2.27. The fourth-order valence-corrected chi connectivity index (χ4v) is 12.6. The van der Waals surface area contributed by atoms with Gasteiger partial charge in [-0.05, 0) is 123 Å². The van der Waals surface area contributed by atoms with Crippen LogP contribution in [0.1, 0.15) is 106 Å². The molecule has 43 heavy (non-hydrogen) atoms. The van der Waals surface area contributed by atoms with Crippen molar-refractivity contribution in [3.8, 4) is 0 Å². The summed E-state index contributed by atoms with van der Waals surface area (Å²) in [7, 11) is 0. The van der Waals surface area contributed by atoms with Crippen LogP contribution in [-0.4, -0.2) is 78.4 Å². The van der Waals surface area contributed by atoms with Gasteiger partial charge in [0, 0.05) is 13.5 Å². The van der Waals surface area contributed by atoms with E-state index in [2.05, 4.69) is 20.8 Å². The maximum absolute atomic E-state index is 11.9. The predicted molar refractivity (Wildman–Crippen MR) is 160 cm³/mol. The van der Waals surface area contributed by atoms with E-state index in [0.29, 0.717) is 53.7 Å². The largest absolute Gasteiger partial charge is 0.457 e. The van der Waals surface area contributed by atoms with Crippen molar-refractivity contribution in [2.24, 2.45) is 45.3 Å². The summed E-state index contributed by atoms with van der Waals surface area (Å²) < 4.78 is 25.1. The molecular formula is C35H55NO7. The zero-order chi connectivity index (χ0) is 30.6. The van der Waals surface area contributed by atoms with Crippen LogP contribution >= 0.6 is 0 Å². The van der Waals surface area contributed by atoms with Crippen LogP contribution in [0.25, 0.3) is 0 Å². The lowest BCUT2D eigenvalue weighted by Crippen LogP contribution is -2.56. The van der Waals surface area contributed by atoms with Crippen molar-refractivity contribution in [1.29, 1.82) is 0 Å². The van der Waals surface area contributed by atoms with Crippen LogP contribution in [-0.2, 0) is 28.5 Å². The molecule has 8 heteroatoms. The average molecular weight is 602 g/mol. The van der Waals surface area contributed by atoms with Crippen molar-refractivity contribution in [3.05, 3.63) is 0 Å². The predicted octanol–water partition coefficient (Wildman–Crippen LogP) is 5.10. The number of carbonyl (C=O) groups excluding carboxylic acids is 2. The van der Waals surface area contributed by atoms with Gasteiger partial charge >= 0.3 is 5.97 Å². The number of fused-ring (bicyclic) bond motifs is 4. The minimum atomic E-state index is -1.15. The van der Waals surface area contributed by atoms with E-state index < -0.39 is 11.7 Å². The Morgan fingerprint density at radius 3 is 2.51 bits per heavy atom. The zero-order valence-electron chi connectivity index (χ0n) is 27.3. The van der Waals surface area contributed by atoms with Crippen LogP contribution in [0.3, 0.4) is 0 Å². The highest BCUT2D eigenvalue weighted by Crippen LogP contribution is 2.87. The monoisotopic (exact) mass is 601 g/mol. The Bertz CT molecular complexity index is 1120. The normalized spacial score (nSPS) is 49.0. The van der Waals surface area contributed by atoms with Crippen LogP contribution in [0, 0.1) is 45.3 Å². The second-order valence-electron chi connectivity index (χ2n) is 17.0. The molecule has 12 atom stereocenters. The minimum absolute atomic E-state index is 0.0725. The van der Waals surface area contributed by atoms with Gasteiger partial charge in [-0.15, -0.1) is 0 Å². The second-order valence-corrected chi connectivity index (χ2v) is 17.0. The van der Waals surface area contributed by atoms with Crippen molar-refractivity contribution in [2.45, 2.75) is 142 Å². The highest BCUT2D eigenvalue weighted by Gasteiger charge is 2.80. The van der Waals surface area contributed by atoms with Gasteiger partial charge in [0.1, 0.15) is 0 Å². The van der Waals surface area contributed by atoms with Crippen molar-refractivity contribution >= 4 is 12.4 Å². The molecule has 242 valence electrons. The third kappa shape index (κ3) is 4.50. The lowest BCUT2D eigenvalue weighted by molar-refractivity contribution is -0.243. The van der Waals surface area contributed by atoms with Gasteiger partial charge in [0.05, 0.1) is 37.1 Å². The van der Waals surface area contributed by atoms with Crippen LogP contribution in [0.4, 0.5) is 0 Å². The average Bonchev–Trinajstić information content (AvgIpc) is 3.52. The highest BCUT2D eigenvalue weighted by atomic mass is 16.7. The van der Waals surface area contributed by atoms with E-state index in [0.717, 1.165) is 38.0 Å². The van der Waals surface area contributed by atoms with Crippen LogP contribution in [0.15, 0.2) is 0 Å². The minimum Gasteiger partial charge on any atom is -0.457 e. The van der Waals surface area contributed by atoms with Gasteiger partial charge in [0.25, 0.3) is 0 Å². The smallest absolute Gasteiger partial charge is 0.303 e. The highest BCUT2D eigenvalue weighted by molar-refractivity contribution is 5.66. The molecule has 1 N–H and O–H groups in total. The van der Waals surface area contributed by atoms with Gasteiger partial charge in [-0.3, -0.25) is 9.59 Å². The molecule has 5 saturated carbocycles. The lowest BCUT2D eigenvalue weighted by atomic mass is 9.46. The fourth-order valence-electron chi connectivity index (χ4n) is 12.6. The quantitative estimate of drug-likeness (QED) is 0.335. The molecule has 0 radical (unpaired) electrons. The first kappa shape index (κ1) is 30.4. The van der Waals surface area contributed by atoms with E-state index >= 15 is 0 Å². The van der Waals surface area contributed by atoms with Gasteiger partial charge < -0.3 is 29.0 Å². The number of hydrogen-bond donors (Lipinski definition) is 1. The number of carbonyl (C=O) groups is 2. The standard InChI is InChI=1S/C35H55NO7/c1-21(38)41-30(32(4,5)39)25-9-7-23-26(42-25)17-24-22-8-10-27-31(2,3)28(43-29-18-36(20-37)15-16-40-29)11-12-35(27)19-34(22,35)14-13-33(23,24)6/h20,22-30,39H,7-19H2,1-6H3/t22?,23?,24?,25?,26?,27?,28-,29?,30-,33?,34-,35+/m0/s1. The Morgan fingerprint density at radius 2 is 1.79 bits per heavy atom. The van der Waals surface area contributed by atoms with E-state index in [1.807, 2.05) is 0 Å². The van der Waals surface area contributed by atoms with E-state index in [9.17, 15) is 14.7 Å². The summed E-state index contributed by atoms with van der Waals surface area (Å²) in [6.45, 7) is 14.1. The first-order valence-electron chi connectivity index (χ1n) is 17.3. The number of hydrogen-bond acceptors (Lipinski definition) is 7. The Balaban J connectivity index is 1.07. The molecule has 0 aromatic heterocycles. The Hall–Kier alpha value is -1.22. The maximum Gasteiger partial charge on any atom is 0.303 e. The van der Waals surface area contributed by atoms with E-state index in [1.165, 1.54) is 45.4 Å². The molecule has 7 fully saturated rings. The number of rotatable bonds is 6. The molecule has 2 saturated heterocycles. The Morgan fingerprint density at radius 1 is 1.02 bits per heavy atom. The topological polar surface area (TPSA) is 94.5 Å². The summed E-state index contributed by atoms with van der Waals surface area (Å²) in [6.07, 6.45) is 11.9. The second kappa shape index (κ2) is 10.1. The van der Waals surface area contributed by atoms with Gasteiger partial charge in [-0.2, -0.15) is 0 Å². The number of amides is 1. The molecule has 2 heterocycles. The Labute approximate surface area is 257 Å². The molecule has 2 aliphatic heterocycles. The third-order valence-electron chi connectivity index (χ3n) is 14.4. The summed E-state index contributed by atoms with van der Waals surface area (Å²) in [5, 5.41) is 10.9. The molecule has 0 bridgehead atoms. The van der Waals surface area contributed by atoms with Crippen molar-refractivity contribution in [3.63, 3.8) is 0 Å². The number of ether oxygens (including phenoxy) is 4. The van der Waals surface area contributed by atoms with Gasteiger partial charge in [-0.25, -0.2) is 0 Å². The molecule has 0 aromatic rings. The molecular weight excluding hydrogens is 546 g/mol. The van der Waals surface area contributed by atoms with Crippen molar-refractivity contribution in [1.82, 2.24) is 4.90 Å². The summed E-state index contributed by atoms with van der Waals surface area (Å²) in [6, 6.07) is 0. The van der Waals surface area contributed by atoms with Crippen LogP contribution in [0.5, 0.6) is 0 Å². The fraction of sp³-hybridized carbons (Fsp3) is 0.943. The molecule has 7 aliphatic rings. The lowest BCUT2D eigenvalue weighted by Gasteiger charge is -2.60. The zero-order valence-corrected chi connectivity index (χ0v) is 27.3. The molecule has 5 aliphatic carbocycles.